The molecule has 0 saturated carbocycles. The number of amides is 2. The zero-order chi connectivity index (χ0) is 18.1. The van der Waals surface area contributed by atoms with Crippen LogP contribution in [-0.4, -0.2) is 43.0 Å². The Bertz CT molecular complexity index is 565. The Hall–Kier alpha value is -1.46. The number of ether oxygens (including phenoxy) is 1. The summed E-state index contributed by atoms with van der Waals surface area (Å²) in [6.45, 7) is 7.17. The van der Waals surface area contributed by atoms with Crippen molar-refractivity contribution in [3.8, 4) is 5.75 Å². The summed E-state index contributed by atoms with van der Waals surface area (Å²) >= 11 is 11.8. The molecule has 7 heteroatoms. The van der Waals surface area contributed by atoms with Crippen LogP contribution in [0.1, 0.15) is 27.2 Å². The van der Waals surface area contributed by atoms with Crippen LogP contribution in [0.4, 0.5) is 0 Å². The fourth-order valence-corrected chi connectivity index (χ4v) is 2.42. The molecule has 1 N–H and O–H groups in total. The monoisotopic (exact) mass is 374 g/mol. The van der Waals surface area contributed by atoms with Gasteiger partial charge in [-0.3, -0.25) is 9.59 Å². The summed E-state index contributed by atoms with van der Waals surface area (Å²) in [6, 6.07) is 4.80. The second-order valence-electron chi connectivity index (χ2n) is 5.90. The van der Waals surface area contributed by atoms with E-state index in [4.69, 9.17) is 27.9 Å². The van der Waals surface area contributed by atoms with Crippen molar-refractivity contribution in [2.24, 2.45) is 5.92 Å². The number of carbonyl (C=O) groups excluding carboxylic acids is 2. The van der Waals surface area contributed by atoms with Crippen molar-refractivity contribution < 1.29 is 14.3 Å². The maximum absolute atomic E-state index is 11.8. The summed E-state index contributed by atoms with van der Waals surface area (Å²) in [5.74, 6) is 0.667. The Morgan fingerprint density at radius 2 is 1.96 bits per heavy atom. The van der Waals surface area contributed by atoms with Gasteiger partial charge in [-0.15, -0.1) is 0 Å². The van der Waals surface area contributed by atoms with Gasteiger partial charge in [0.15, 0.2) is 6.61 Å². The highest BCUT2D eigenvalue weighted by atomic mass is 35.5. The number of hydrogen-bond donors (Lipinski definition) is 1. The maximum Gasteiger partial charge on any atom is 0.258 e. The Morgan fingerprint density at radius 1 is 1.25 bits per heavy atom. The highest BCUT2D eigenvalue weighted by molar-refractivity contribution is 6.35. The molecule has 24 heavy (non-hydrogen) atoms. The molecule has 0 heterocycles. The Kier molecular flexibility index (Phi) is 8.93. The Balaban J connectivity index is 2.33. The molecule has 134 valence electrons. The number of halogens is 2. The summed E-state index contributed by atoms with van der Waals surface area (Å²) in [5.41, 5.74) is 0. The zero-order valence-corrected chi connectivity index (χ0v) is 15.8. The SMILES string of the molecule is CC(=O)N(CCNC(=O)COc1ccc(Cl)cc1Cl)CCC(C)C. The summed E-state index contributed by atoms with van der Waals surface area (Å²) in [6.07, 6.45) is 0.936. The van der Waals surface area contributed by atoms with Crippen LogP contribution >= 0.6 is 23.2 Å². The van der Waals surface area contributed by atoms with Crippen molar-refractivity contribution in [3.05, 3.63) is 28.2 Å². The molecular formula is C17H24Cl2N2O3. The second-order valence-corrected chi connectivity index (χ2v) is 6.75. The quantitative estimate of drug-likeness (QED) is 0.720. The lowest BCUT2D eigenvalue weighted by atomic mass is 10.1. The van der Waals surface area contributed by atoms with E-state index in [0.717, 1.165) is 6.42 Å². The van der Waals surface area contributed by atoms with E-state index in [1.165, 1.54) is 6.92 Å². The minimum Gasteiger partial charge on any atom is -0.482 e. The van der Waals surface area contributed by atoms with E-state index in [2.05, 4.69) is 19.2 Å². The lowest BCUT2D eigenvalue weighted by molar-refractivity contribution is -0.129. The number of hydrogen-bond acceptors (Lipinski definition) is 3. The third kappa shape index (κ3) is 7.88. The summed E-state index contributed by atoms with van der Waals surface area (Å²) in [5, 5.41) is 3.59. The van der Waals surface area contributed by atoms with Gasteiger partial charge in [0.2, 0.25) is 5.91 Å². The molecule has 0 fully saturated rings. The number of rotatable bonds is 9. The fourth-order valence-electron chi connectivity index (χ4n) is 1.96. The highest BCUT2D eigenvalue weighted by Crippen LogP contribution is 2.27. The third-order valence-corrected chi connectivity index (χ3v) is 3.91. The fraction of sp³-hybridized carbons (Fsp3) is 0.529. The van der Waals surface area contributed by atoms with Crippen LogP contribution in [0, 0.1) is 5.92 Å². The molecule has 0 unspecified atom stereocenters. The average Bonchev–Trinajstić information content (AvgIpc) is 2.49. The van der Waals surface area contributed by atoms with Gasteiger partial charge >= 0.3 is 0 Å². The molecular weight excluding hydrogens is 351 g/mol. The predicted octanol–water partition coefficient (Wildman–Crippen LogP) is 3.38. The van der Waals surface area contributed by atoms with Crippen molar-refractivity contribution in [1.29, 1.82) is 0 Å². The summed E-state index contributed by atoms with van der Waals surface area (Å²) in [4.78, 5) is 25.1. The molecule has 1 rings (SSSR count). The zero-order valence-electron chi connectivity index (χ0n) is 14.3. The molecule has 0 spiro atoms. The van der Waals surface area contributed by atoms with Gasteiger partial charge in [-0.05, 0) is 30.5 Å². The number of nitrogens with one attached hydrogen (secondary N) is 1. The lowest BCUT2D eigenvalue weighted by Crippen LogP contribution is -2.39. The highest BCUT2D eigenvalue weighted by Gasteiger charge is 2.11. The normalized spacial score (nSPS) is 10.6. The van der Waals surface area contributed by atoms with Gasteiger partial charge in [0.1, 0.15) is 5.75 Å². The van der Waals surface area contributed by atoms with Gasteiger partial charge in [0.25, 0.3) is 5.91 Å². The van der Waals surface area contributed by atoms with Gasteiger partial charge in [0.05, 0.1) is 5.02 Å². The van der Waals surface area contributed by atoms with Crippen LogP contribution in [0.15, 0.2) is 18.2 Å². The first kappa shape index (κ1) is 20.6. The minimum atomic E-state index is -0.270. The van der Waals surface area contributed by atoms with Gasteiger partial charge in [-0.2, -0.15) is 0 Å². The minimum absolute atomic E-state index is 0.00842. The second kappa shape index (κ2) is 10.4. The van der Waals surface area contributed by atoms with Crippen LogP contribution in [0.3, 0.4) is 0 Å². The van der Waals surface area contributed by atoms with Crippen LogP contribution in [0.2, 0.25) is 10.0 Å². The van der Waals surface area contributed by atoms with Gasteiger partial charge in [0, 0.05) is 31.6 Å². The third-order valence-electron chi connectivity index (χ3n) is 3.38. The van der Waals surface area contributed by atoms with E-state index >= 15 is 0 Å². The summed E-state index contributed by atoms with van der Waals surface area (Å²) in [7, 11) is 0. The molecule has 1 aromatic carbocycles. The number of nitrogens with zero attached hydrogens (tertiary/aromatic N) is 1. The van der Waals surface area contributed by atoms with Gasteiger partial charge in [-0.1, -0.05) is 37.0 Å². The van der Waals surface area contributed by atoms with Gasteiger partial charge < -0.3 is 15.0 Å². The van der Waals surface area contributed by atoms with Crippen molar-refractivity contribution >= 4 is 35.0 Å². The Morgan fingerprint density at radius 3 is 2.54 bits per heavy atom. The smallest absolute Gasteiger partial charge is 0.258 e. The molecule has 0 atom stereocenters. The topological polar surface area (TPSA) is 58.6 Å². The van der Waals surface area contributed by atoms with Crippen molar-refractivity contribution in [3.63, 3.8) is 0 Å². The molecule has 0 aliphatic carbocycles. The Labute approximate surface area is 153 Å². The van der Waals surface area contributed by atoms with Crippen LogP contribution in [-0.2, 0) is 9.59 Å². The summed E-state index contributed by atoms with van der Waals surface area (Å²) < 4.78 is 5.35. The molecule has 0 aliphatic heterocycles. The van der Waals surface area contributed by atoms with Crippen LogP contribution in [0.5, 0.6) is 5.75 Å². The van der Waals surface area contributed by atoms with Crippen LogP contribution < -0.4 is 10.1 Å². The van der Waals surface area contributed by atoms with E-state index < -0.39 is 0 Å². The molecule has 0 aromatic heterocycles. The van der Waals surface area contributed by atoms with Crippen molar-refractivity contribution in [2.75, 3.05) is 26.2 Å². The van der Waals surface area contributed by atoms with E-state index in [9.17, 15) is 9.59 Å². The first-order valence-electron chi connectivity index (χ1n) is 7.89. The molecule has 5 nitrogen and oxygen atoms in total. The number of benzene rings is 1. The lowest BCUT2D eigenvalue weighted by Gasteiger charge is -2.22. The first-order chi connectivity index (χ1) is 11.3. The van der Waals surface area contributed by atoms with E-state index in [1.54, 1.807) is 23.1 Å². The largest absolute Gasteiger partial charge is 0.482 e. The molecule has 0 bridgehead atoms. The van der Waals surface area contributed by atoms with Crippen molar-refractivity contribution in [2.45, 2.75) is 27.2 Å². The van der Waals surface area contributed by atoms with E-state index in [0.29, 0.717) is 41.3 Å². The molecule has 0 aliphatic rings. The molecule has 0 radical (unpaired) electrons. The average molecular weight is 375 g/mol. The van der Waals surface area contributed by atoms with Gasteiger partial charge in [-0.25, -0.2) is 0 Å². The van der Waals surface area contributed by atoms with E-state index in [1.807, 2.05) is 0 Å². The predicted molar refractivity (Wildman–Crippen MR) is 96.7 cm³/mol. The first-order valence-corrected chi connectivity index (χ1v) is 8.65. The maximum atomic E-state index is 11.8. The van der Waals surface area contributed by atoms with Crippen molar-refractivity contribution in [1.82, 2.24) is 10.2 Å². The number of carbonyl (C=O) groups is 2. The standard InChI is InChI=1S/C17H24Cl2N2O3/c1-12(2)6-8-21(13(3)22)9-7-20-17(23)11-24-16-5-4-14(18)10-15(16)19/h4-5,10,12H,6-9,11H2,1-3H3,(H,20,23). The molecule has 1 aromatic rings. The van der Waals surface area contributed by atoms with Crippen LogP contribution in [0.25, 0.3) is 0 Å². The molecule has 0 saturated heterocycles. The van der Waals surface area contributed by atoms with E-state index in [-0.39, 0.29) is 18.4 Å². The molecule has 2 amide bonds.